The normalized spacial score (nSPS) is 14.6. The van der Waals surface area contributed by atoms with Crippen molar-refractivity contribution in [2.75, 3.05) is 4.90 Å². The number of aryl methyl sites for hydroxylation is 2. The highest BCUT2D eigenvalue weighted by Gasteiger charge is 2.24. The van der Waals surface area contributed by atoms with Gasteiger partial charge in [0.25, 0.3) is 0 Å². The van der Waals surface area contributed by atoms with Gasteiger partial charge in [-0.1, -0.05) is 37.5 Å². The predicted molar refractivity (Wildman–Crippen MR) is 136 cm³/mol. The zero-order valence-electron chi connectivity index (χ0n) is 20.8. The Hall–Kier alpha value is -2.33. The Morgan fingerprint density at radius 3 is 2.36 bits per heavy atom. The number of ether oxygens (including phenoxy) is 1. The van der Waals surface area contributed by atoms with Gasteiger partial charge in [0.05, 0.1) is 12.5 Å². The van der Waals surface area contributed by atoms with Crippen LogP contribution in [0.5, 0.6) is 5.75 Å². The maximum Gasteiger partial charge on any atom is 0.314 e. The van der Waals surface area contributed by atoms with E-state index in [-0.39, 0.29) is 18.5 Å². The molecule has 0 aromatic heterocycles. The second-order valence-corrected chi connectivity index (χ2v) is 9.97. The molecule has 0 radical (unpaired) electrons. The summed E-state index contributed by atoms with van der Waals surface area (Å²) in [5.41, 5.74) is 4.45. The Morgan fingerprint density at radius 1 is 0.970 bits per heavy atom. The van der Waals surface area contributed by atoms with Crippen LogP contribution < -0.4 is 9.64 Å². The molecule has 4 heteroatoms. The largest absolute Gasteiger partial charge is 0.426 e. The van der Waals surface area contributed by atoms with Gasteiger partial charge in [-0.15, -0.1) is 0 Å². The Bertz CT molecular complexity index is 891. The maximum atomic E-state index is 12.7. The zero-order chi connectivity index (χ0) is 23.8. The molecule has 0 spiro atoms. The molecular formula is C29H41NO3. The van der Waals surface area contributed by atoms with Gasteiger partial charge in [-0.3, -0.25) is 4.79 Å². The minimum absolute atomic E-state index is 0.00780. The fourth-order valence-electron chi connectivity index (χ4n) is 5.10. The minimum atomic E-state index is -0.0946. The standard InChI is InChI=1S/C29H41NO3/c1-21(2)30(22(3)4)27-15-9-11-23(19-27)10-8-14-26-18-24(20-31)16-17-28(26)33-29(32)25-12-6-5-7-13-25/h9,11,15-19,21-22,25,31H,5-8,10,12-14,20H2,1-4H3. The van der Waals surface area contributed by atoms with Crippen molar-refractivity contribution in [3.8, 4) is 5.75 Å². The molecule has 1 aliphatic rings. The van der Waals surface area contributed by atoms with Crippen molar-refractivity contribution in [1.29, 1.82) is 0 Å². The first-order chi connectivity index (χ1) is 15.9. The van der Waals surface area contributed by atoms with E-state index >= 15 is 0 Å². The van der Waals surface area contributed by atoms with Crippen LogP contribution in [-0.2, 0) is 24.2 Å². The van der Waals surface area contributed by atoms with Crippen molar-refractivity contribution >= 4 is 11.7 Å². The number of carbonyl (C=O) groups is 1. The average Bonchev–Trinajstić information content (AvgIpc) is 2.80. The number of nitrogens with zero attached hydrogens (tertiary/aromatic N) is 1. The smallest absolute Gasteiger partial charge is 0.314 e. The van der Waals surface area contributed by atoms with E-state index in [2.05, 4.69) is 56.9 Å². The highest BCUT2D eigenvalue weighted by atomic mass is 16.5. The molecule has 180 valence electrons. The van der Waals surface area contributed by atoms with E-state index in [4.69, 9.17) is 4.74 Å². The van der Waals surface area contributed by atoms with Gasteiger partial charge in [0.15, 0.2) is 0 Å². The number of aliphatic hydroxyl groups excluding tert-OH is 1. The average molecular weight is 452 g/mol. The van der Waals surface area contributed by atoms with Crippen molar-refractivity contribution in [1.82, 2.24) is 0 Å². The fourth-order valence-corrected chi connectivity index (χ4v) is 5.10. The lowest BCUT2D eigenvalue weighted by atomic mass is 9.89. The SMILES string of the molecule is CC(C)N(c1cccc(CCCc2cc(CO)ccc2OC(=O)C2CCCCC2)c1)C(C)C. The lowest BCUT2D eigenvalue weighted by molar-refractivity contribution is -0.140. The van der Waals surface area contributed by atoms with Crippen molar-refractivity contribution in [2.24, 2.45) is 5.92 Å². The summed E-state index contributed by atoms with van der Waals surface area (Å²) in [4.78, 5) is 15.1. The van der Waals surface area contributed by atoms with Gasteiger partial charge < -0.3 is 14.7 Å². The highest BCUT2D eigenvalue weighted by Crippen LogP contribution is 2.29. The summed E-state index contributed by atoms with van der Waals surface area (Å²) in [5, 5.41) is 9.60. The van der Waals surface area contributed by atoms with Crippen LogP contribution in [0.3, 0.4) is 0 Å². The first-order valence-corrected chi connectivity index (χ1v) is 12.7. The van der Waals surface area contributed by atoms with Gasteiger partial charge in [-0.2, -0.15) is 0 Å². The second kappa shape index (κ2) is 12.2. The topological polar surface area (TPSA) is 49.8 Å². The number of rotatable bonds is 10. The molecule has 0 amide bonds. The van der Waals surface area contributed by atoms with Crippen LogP contribution in [0.15, 0.2) is 42.5 Å². The monoisotopic (exact) mass is 451 g/mol. The summed E-state index contributed by atoms with van der Waals surface area (Å²) in [5.74, 6) is 0.585. The molecule has 1 N–H and O–H groups in total. The lowest BCUT2D eigenvalue weighted by Crippen LogP contribution is -2.36. The van der Waals surface area contributed by atoms with Gasteiger partial charge >= 0.3 is 5.97 Å². The molecule has 0 atom stereocenters. The van der Waals surface area contributed by atoms with Gasteiger partial charge in [0, 0.05) is 17.8 Å². The van der Waals surface area contributed by atoms with Gasteiger partial charge in [-0.05, 0) is 101 Å². The van der Waals surface area contributed by atoms with E-state index < -0.39 is 0 Å². The summed E-state index contributed by atoms with van der Waals surface area (Å²) in [6, 6.07) is 15.4. The summed E-state index contributed by atoms with van der Waals surface area (Å²) in [6.45, 7) is 8.92. The molecule has 4 nitrogen and oxygen atoms in total. The lowest BCUT2D eigenvalue weighted by Gasteiger charge is -2.33. The Morgan fingerprint density at radius 2 is 1.70 bits per heavy atom. The molecule has 3 rings (SSSR count). The summed E-state index contributed by atoms with van der Waals surface area (Å²) in [7, 11) is 0. The van der Waals surface area contributed by atoms with Crippen LogP contribution in [0.1, 0.15) is 82.9 Å². The highest BCUT2D eigenvalue weighted by molar-refractivity contribution is 5.75. The Labute approximate surface area is 200 Å². The summed E-state index contributed by atoms with van der Waals surface area (Å²) < 4.78 is 5.86. The van der Waals surface area contributed by atoms with E-state index in [1.165, 1.54) is 17.7 Å². The van der Waals surface area contributed by atoms with Crippen molar-refractivity contribution < 1.29 is 14.6 Å². The van der Waals surface area contributed by atoms with Crippen LogP contribution >= 0.6 is 0 Å². The van der Waals surface area contributed by atoms with Crippen LogP contribution in [-0.4, -0.2) is 23.2 Å². The third kappa shape index (κ3) is 7.07. The van der Waals surface area contributed by atoms with E-state index in [9.17, 15) is 9.90 Å². The summed E-state index contributed by atoms with van der Waals surface area (Å²) in [6.07, 6.45) is 8.02. The Kier molecular flexibility index (Phi) is 9.37. The fraction of sp³-hybridized carbons (Fsp3) is 0.552. The predicted octanol–water partition coefficient (Wildman–Crippen LogP) is 6.46. The molecule has 33 heavy (non-hydrogen) atoms. The molecule has 1 saturated carbocycles. The molecule has 1 aliphatic carbocycles. The zero-order valence-corrected chi connectivity index (χ0v) is 20.8. The number of aliphatic hydroxyl groups is 1. The first-order valence-electron chi connectivity index (χ1n) is 12.7. The van der Waals surface area contributed by atoms with Crippen LogP contribution in [0.2, 0.25) is 0 Å². The summed E-state index contributed by atoms with van der Waals surface area (Å²) >= 11 is 0. The first kappa shape index (κ1) is 25.3. The van der Waals surface area contributed by atoms with Crippen LogP contribution in [0.4, 0.5) is 5.69 Å². The molecule has 0 aliphatic heterocycles. The van der Waals surface area contributed by atoms with E-state index in [1.807, 2.05) is 18.2 Å². The van der Waals surface area contributed by atoms with E-state index in [1.54, 1.807) is 0 Å². The molecule has 0 heterocycles. The molecule has 0 unspecified atom stereocenters. The van der Waals surface area contributed by atoms with Gasteiger partial charge in [0.1, 0.15) is 5.75 Å². The van der Waals surface area contributed by atoms with E-state index in [0.29, 0.717) is 17.8 Å². The van der Waals surface area contributed by atoms with Crippen molar-refractivity contribution in [2.45, 2.75) is 97.8 Å². The Balaban J connectivity index is 1.67. The maximum absolute atomic E-state index is 12.7. The second-order valence-electron chi connectivity index (χ2n) is 9.97. The minimum Gasteiger partial charge on any atom is -0.426 e. The van der Waals surface area contributed by atoms with Gasteiger partial charge in [-0.25, -0.2) is 0 Å². The number of benzene rings is 2. The van der Waals surface area contributed by atoms with Crippen molar-refractivity contribution in [3.05, 3.63) is 59.2 Å². The quantitative estimate of drug-likeness (QED) is 0.332. The molecule has 0 bridgehead atoms. The van der Waals surface area contributed by atoms with Crippen LogP contribution in [0, 0.1) is 5.92 Å². The number of carbonyl (C=O) groups excluding carboxylic acids is 1. The molecular weight excluding hydrogens is 410 g/mol. The molecule has 1 fully saturated rings. The molecule has 2 aromatic rings. The van der Waals surface area contributed by atoms with E-state index in [0.717, 1.165) is 56.1 Å². The third-order valence-electron chi connectivity index (χ3n) is 6.69. The van der Waals surface area contributed by atoms with Crippen molar-refractivity contribution in [3.63, 3.8) is 0 Å². The van der Waals surface area contributed by atoms with Crippen LogP contribution in [0.25, 0.3) is 0 Å². The third-order valence-corrected chi connectivity index (χ3v) is 6.69. The number of hydrogen-bond acceptors (Lipinski definition) is 4. The number of esters is 1. The molecule has 0 saturated heterocycles. The number of hydrogen-bond donors (Lipinski definition) is 1. The number of anilines is 1. The van der Waals surface area contributed by atoms with Gasteiger partial charge in [0.2, 0.25) is 0 Å². The molecule has 2 aromatic carbocycles.